The molecule has 0 saturated carbocycles. The van der Waals surface area contributed by atoms with Crippen molar-refractivity contribution in [2.45, 2.75) is 20.8 Å². The van der Waals surface area contributed by atoms with Gasteiger partial charge in [0.1, 0.15) is 0 Å². The number of aryl methyl sites for hydroxylation is 3. The third-order valence-corrected chi connectivity index (χ3v) is 4.68. The average molecular weight is 329 g/mol. The van der Waals surface area contributed by atoms with Crippen molar-refractivity contribution in [3.05, 3.63) is 63.5 Å². The molecule has 0 amide bonds. The molecule has 2 aromatic carbocycles. The fourth-order valence-corrected chi connectivity index (χ4v) is 3.37. The van der Waals surface area contributed by atoms with E-state index in [0.29, 0.717) is 0 Å². The zero-order valence-electron chi connectivity index (χ0n) is 12.8. The van der Waals surface area contributed by atoms with Gasteiger partial charge in [0.15, 0.2) is 5.13 Å². The van der Waals surface area contributed by atoms with Gasteiger partial charge in [-0.05, 0) is 44.5 Å². The highest BCUT2D eigenvalue weighted by Crippen LogP contribution is 2.33. The Morgan fingerprint density at radius 1 is 1.00 bits per heavy atom. The van der Waals surface area contributed by atoms with Gasteiger partial charge in [0.25, 0.3) is 0 Å². The predicted octanol–water partition coefficient (Wildman–Crippen LogP) is 6.13. The summed E-state index contributed by atoms with van der Waals surface area (Å²) in [4.78, 5) is 5.92. The molecular weight excluding hydrogens is 312 g/mol. The molecule has 22 heavy (non-hydrogen) atoms. The number of nitrogens with one attached hydrogen (secondary N) is 1. The number of benzene rings is 2. The maximum absolute atomic E-state index is 5.95. The summed E-state index contributed by atoms with van der Waals surface area (Å²) in [5, 5.41) is 5.08. The van der Waals surface area contributed by atoms with E-state index in [4.69, 9.17) is 16.6 Å². The Hall–Kier alpha value is -1.84. The molecule has 0 unspecified atom stereocenters. The van der Waals surface area contributed by atoms with Gasteiger partial charge in [-0.15, -0.1) is 11.3 Å². The summed E-state index contributed by atoms with van der Waals surface area (Å²) >= 11 is 7.62. The van der Waals surface area contributed by atoms with Gasteiger partial charge in [-0.3, -0.25) is 0 Å². The van der Waals surface area contributed by atoms with Crippen LogP contribution >= 0.6 is 22.9 Å². The minimum absolute atomic E-state index is 0.741. The second kappa shape index (κ2) is 6.11. The van der Waals surface area contributed by atoms with Crippen LogP contribution in [0.25, 0.3) is 11.3 Å². The van der Waals surface area contributed by atoms with Crippen LogP contribution < -0.4 is 5.32 Å². The van der Waals surface area contributed by atoms with Crippen molar-refractivity contribution in [3.63, 3.8) is 0 Å². The first kappa shape index (κ1) is 15.1. The highest BCUT2D eigenvalue weighted by molar-refractivity contribution is 7.16. The van der Waals surface area contributed by atoms with Crippen molar-refractivity contribution in [1.29, 1.82) is 0 Å². The lowest BCUT2D eigenvalue weighted by atomic mass is 10.1. The number of hydrogen-bond donors (Lipinski definition) is 1. The Bertz CT molecular complexity index is 806. The largest absolute Gasteiger partial charge is 0.331 e. The van der Waals surface area contributed by atoms with Crippen LogP contribution in [0.4, 0.5) is 10.8 Å². The van der Waals surface area contributed by atoms with Crippen LogP contribution in [0, 0.1) is 20.8 Å². The molecule has 2 nitrogen and oxygen atoms in total. The molecule has 0 fully saturated rings. The normalized spacial score (nSPS) is 10.7. The molecule has 3 aromatic rings. The Kier molecular flexibility index (Phi) is 4.19. The molecule has 0 aliphatic heterocycles. The Morgan fingerprint density at radius 2 is 1.73 bits per heavy atom. The monoisotopic (exact) mass is 328 g/mol. The number of nitrogens with zero attached hydrogens (tertiary/aromatic N) is 1. The van der Waals surface area contributed by atoms with Gasteiger partial charge >= 0.3 is 0 Å². The first-order valence-corrected chi connectivity index (χ1v) is 8.30. The molecule has 112 valence electrons. The van der Waals surface area contributed by atoms with Crippen molar-refractivity contribution in [1.82, 2.24) is 4.98 Å². The van der Waals surface area contributed by atoms with Crippen molar-refractivity contribution in [2.75, 3.05) is 5.32 Å². The fraction of sp³-hybridized carbons (Fsp3) is 0.167. The summed E-state index contributed by atoms with van der Waals surface area (Å²) in [5.41, 5.74) is 5.68. The summed E-state index contributed by atoms with van der Waals surface area (Å²) in [6.45, 7) is 6.30. The van der Waals surface area contributed by atoms with E-state index in [1.165, 1.54) is 16.0 Å². The van der Waals surface area contributed by atoms with E-state index < -0.39 is 0 Å². The highest BCUT2D eigenvalue weighted by atomic mass is 35.5. The molecule has 0 aliphatic carbocycles. The van der Waals surface area contributed by atoms with E-state index in [9.17, 15) is 0 Å². The molecule has 0 bridgehead atoms. The standard InChI is InChI=1S/C18H17ClN2S/c1-11-4-9-16(12(2)10-11)20-18-21-17(13(3)22-18)14-5-7-15(19)8-6-14/h4-10H,1-3H3,(H,20,21). The molecule has 3 rings (SSSR count). The van der Waals surface area contributed by atoms with Crippen LogP contribution in [-0.2, 0) is 0 Å². The summed E-state index contributed by atoms with van der Waals surface area (Å²) in [6.07, 6.45) is 0. The summed E-state index contributed by atoms with van der Waals surface area (Å²) < 4.78 is 0. The molecule has 0 atom stereocenters. The lowest BCUT2D eigenvalue weighted by Gasteiger charge is -2.07. The summed E-state index contributed by atoms with van der Waals surface area (Å²) in [6, 6.07) is 14.2. The molecule has 0 spiro atoms. The van der Waals surface area contributed by atoms with Crippen molar-refractivity contribution < 1.29 is 0 Å². The highest BCUT2D eigenvalue weighted by Gasteiger charge is 2.10. The zero-order valence-corrected chi connectivity index (χ0v) is 14.3. The van der Waals surface area contributed by atoms with Crippen molar-refractivity contribution in [3.8, 4) is 11.3 Å². The van der Waals surface area contributed by atoms with Gasteiger partial charge < -0.3 is 5.32 Å². The Balaban J connectivity index is 1.90. The third kappa shape index (κ3) is 3.16. The van der Waals surface area contributed by atoms with Crippen molar-refractivity contribution >= 4 is 33.8 Å². The zero-order chi connectivity index (χ0) is 15.7. The van der Waals surface area contributed by atoms with Crippen LogP contribution in [0.15, 0.2) is 42.5 Å². The maximum atomic E-state index is 5.95. The molecule has 0 radical (unpaired) electrons. The van der Waals surface area contributed by atoms with Gasteiger partial charge in [-0.2, -0.15) is 0 Å². The van der Waals surface area contributed by atoms with Crippen LogP contribution in [0.2, 0.25) is 5.02 Å². The fourth-order valence-electron chi connectivity index (χ4n) is 2.39. The number of halogens is 1. The molecule has 1 N–H and O–H groups in total. The molecule has 0 aliphatic rings. The Morgan fingerprint density at radius 3 is 2.41 bits per heavy atom. The van der Waals surface area contributed by atoms with E-state index in [2.05, 4.69) is 44.3 Å². The number of thiazole rings is 1. The topological polar surface area (TPSA) is 24.9 Å². The maximum Gasteiger partial charge on any atom is 0.187 e. The second-order valence-electron chi connectivity index (χ2n) is 5.37. The van der Waals surface area contributed by atoms with Gasteiger partial charge in [0.05, 0.1) is 5.69 Å². The lowest BCUT2D eigenvalue weighted by Crippen LogP contribution is -1.93. The Labute approximate surface area is 139 Å². The first-order valence-electron chi connectivity index (χ1n) is 7.10. The van der Waals surface area contributed by atoms with Crippen LogP contribution in [0.5, 0.6) is 0 Å². The van der Waals surface area contributed by atoms with E-state index >= 15 is 0 Å². The van der Waals surface area contributed by atoms with E-state index in [1.54, 1.807) is 11.3 Å². The van der Waals surface area contributed by atoms with Gasteiger partial charge in [-0.25, -0.2) is 4.98 Å². The molecule has 4 heteroatoms. The SMILES string of the molecule is Cc1ccc(Nc2nc(-c3ccc(Cl)cc3)c(C)s2)c(C)c1. The van der Waals surface area contributed by atoms with E-state index in [-0.39, 0.29) is 0 Å². The molecule has 1 aromatic heterocycles. The summed E-state index contributed by atoms with van der Waals surface area (Å²) in [5.74, 6) is 0. The molecular formula is C18H17ClN2S. The van der Waals surface area contributed by atoms with Crippen LogP contribution in [-0.4, -0.2) is 4.98 Å². The third-order valence-electron chi connectivity index (χ3n) is 3.54. The van der Waals surface area contributed by atoms with Crippen LogP contribution in [0.3, 0.4) is 0 Å². The van der Waals surface area contributed by atoms with E-state index in [0.717, 1.165) is 27.1 Å². The molecule has 1 heterocycles. The minimum Gasteiger partial charge on any atom is -0.331 e. The predicted molar refractivity (Wildman–Crippen MR) is 96.5 cm³/mol. The van der Waals surface area contributed by atoms with Gasteiger partial charge in [0.2, 0.25) is 0 Å². The minimum atomic E-state index is 0.741. The van der Waals surface area contributed by atoms with Gasteiger partial charge in [-0.1, -0.05) is 41.4 Å². The average Bonchev–Trinajstić information content (AvgIpc) is 2.84. The number of hydrogen-bond acceptors (Lipinski definition) is 3. The number of anilines is 2. The van der Waals surface area contributed by atoms with Crippen molar-refractivity contribution in [2.24, 2.45) is 0 Å². The smallest absolute Gasteiger partial charge is 0.187 e. The van der Waals surface area contributed by atoms with Gasteiger partial charge in [0, 0.05) is 21.2 Å². The molecule has 0 saturated heterocycles. The van der Waals surface area contributed by atoms with Crippen LogP contribution in [0.1, 0.15) is 16.0 Å². The quantitative estimate of drug-likeness (QED) is 0.625. The summed E-state index contributed by atoms with van der Waals surface area (Å²) in [7, 11) is 0. The lowest BCUT2D eigenvalue weighted by molar-refractivity contribution is 1.33. The second-order valence-corrected chi connectivity index (χ2v) is 7.01. The first-order chi connectivity index (χ1) is 10.5. The van der Waals surface area contributed by atoms with E-state index in [1.807, 2.05) is 24.3 Å². The number of rotatable bonds is 3. The number of aromatic nitrogens is 1.